The Labute approximate surface area is 182 Å². The molecule has 0 spiro atoms. The minimum atomic E-state index is -0.892. The number of amides is 1. The molecule has 2 rings (SSSR count). The van der Waals surface area contributed by atoms with Crippen molar-refractivity contribution < 1.29 is 33.0 Å². The number of ether oxygens (including phenoxy) is 3. The molecule has 0 saturated carbocycles. The second kappa shape index (κ2) is 11.4. The van der Waals surface area contributed by atoms with Gasteiger partial charge in [0.2, 0.25) is 5.76 Å². The SMILES string of the molecule is CC(C)[C@H](NC(=O)OCc1ccccc1)C(=O)OCc1ccc(C(=O)OCI)o1. The van der Waals surface area contributed by atoms with Crippen molar-refractivity contribution in [1.82, 2.24) is 5.32 Å². The van der Waals surface area contributed by atoms with Crippen LogP contribution in [-0.4, -0.2) is 28.7 Å². The summed E-state index contributed by atoms with van der Waals surface area (Å²) in [5, 5.41) is 2.52. The van der Waals surface area contributed by atoms with Crippen LogP contribution < -0.4 is 5.32 Å². The molecule has 1 aromatic carbocycles. The van der Waals surface area contributed by atoms with Crippen LogP contribution in [0.1, 0.15) is 35.7 Å². The zero-order chi connectivity index (χ0) is 21.2. The maximum Gasteiger partial charge on any atom is 0.408 e. The van der Waals surface area contributed by atoms with Gasteiger partial charge in [0.15, 0.2) is 0 Å². The molecule has 0 aliphatic heterocycles. The summed E-state index contributed by atoms with van der Waals surface area (Å²) in [7, 11) is 0. The third-order valence-corrected chi connectivity index (χ3v) is 4.12. The second-order valence-electron chi connectivity index (χ2n) is 6.34. The van der Waals surface area contributed by atoms with Crippen LogP contribution in [0.4, 0.5) is 4.79 Å². The summed E-state index contributed by atoms with van der Waals surface area (Å²) in [6.45, 7) is 3.46. The molecule has 0 radical (unpaired) electrons. The Balaban J connectivity index is 1.85. The van der Waals surface area contributed by atoms with Gasteiger partial charge in [-0.05, 0) is 46.2 Å². The predicted octanol–water partition coefficient (Wildman–Crippen LogP) is 3.82. The molecule has 2 aromatic rings. The molecule has 0 aliphatic rings. The number of carbonyl (C=O) groups is 3. The Kier molecular flexibility index (Phi) is 8.97. The minimum Gasteiger partial charge on any atom is -0.456 e. The van der Waals surface area contributed by atoms with Crippen LogP contribution in [0, 0.1) is 5.92 Å². The molecule has 8 nitrogen and oxygen atoms in total. The van der Waals surface area contributed by atoms with Crippen molar-refractivity contribution >= 4 is 40.6 Å². The Morgan fingerprint density at radius 3 is 2.38 bits per heavy atom. The van der Waals surface area contributed by atoms with Gasteiger partial charge in [-0.25, -0.2) is 14.4 Å². The van der Waals surface area contributed by atoms with E-state index in [4.69, 9.17) is 18.6 Å². The van der Waals surface area contributed by atoms with E-state index >= 15 is 0 Å². The molecule has 0 aliphatic carbocycles. The second-order valence-corrected chi connectivity index (χ2v) is 6.97. The van der Waals surface area contributed by atoms with Crippen LogP contribution in [0.15, 0.2) is 46.9 Å². The quantitative estimate of drug-likeness (QED) is 0.234. The molecule has 0 fully saturated rings. The van der Waals surface area contributed by atoms with Gasteiger partial charge in [0.05, 0.1) is 0 Å². The van der Waals surface area contributed by atoms with E-state index in [-0.39, 0.29) is 35.3 Å². The average Bonchev–Trinajstić information content (AvgIpc) is 3.18. The van der Waals surface area contributed by atoms with E-state index in [1.54, 1.807) is 13.8 Å². The fraction of sp³-hybridized carbons (Fsp3) is 0.350. The lowest BCUT2D eigenvalue weighted by Crippen LogP contribution is -2.45. The zero-order valence-corrected chi connectivity index (χ0v) is 18.2. The van der Waals surface area contributed by atoms with Gasteiger partial charge < -0.3 is 23.9 Å². The van der Waals surface area contributed by atoms with Gasteiger partial charge in [-0.2, -0.15) is 0 Å². The van der Waals surface area contributed by atoms with Gasteiger partial charge in [0.1, 0.15) is 29.6 Å². The number of nitrogens with one attached hydrogen (secondary N) is 1. The monoisotopic (exact) mass is 515 g/mol. The number of halogens is 1. The summed E-state index contributed by atoms with van der Waals surface area (Å²) in [6, 6.07) is 11.3. The van der Waals surface area contributed by atoms with Gasteiger partial charge >= 0.3 is 18.0 Å². The van der Waals surface area contributed by atoms with Crippen LogP contribution in [0.3, 0.4) is 0 Å². The molecular weight excluding hydrogens is 493 g/mol. The van der Waals surface area contributed by atoms with Crippen molar-refractivity contribution in [2.24, 2.45) is 5.92 Å². The number of esters is 2. The molecule has 1 heterocycles. The highest BCUT2D eigenvalue weighted by Crippen LogP contribution is 2.13. The molecule has 29 heavy (non-hydrogen) atoms. The number of furan rings is 1. The Bertz CT molecular complexity index is 819. The topological polar surface area (TPSA) is 104 Å². The van der Waals surface area contributed by atoms with Crippen LogP contribution in [0.5, 0.6) is 0 Å². The van der Waals surface area contributed by atoms with Crippen LogP contribution in [0.2, 0.25) is 0 Å². The fourth-order valence-corrected chi connectivity index (χ4v) is 2.59. The highest BCUT2D eigenvalue weighted by Gasteiger charge is 2.27. The number of rotatable bonds is 9. The summed E-state index contributed by atoms with van der Waals surface area (Å²) in [5.41, 5.74) is 0.834. The van der Waals surface area contributed by atoms with E-state index < -0.39 is 24.1 Å². The van der Waals surface area contributed by atoms with Gasteiger partial charge in [0.25, 0.3) is 0 Å². The summed E-state index contributed by atoms with van der Waals surface area (Å²) in [5.74, 6) is -1.15. The van der Waals surface area contributed by atoms with Crippen LogP contribution >= 0.6 is 22.6 Å². The molecule has 1 atom stereocenters. The fourth-order valence-electron chi connectivity index (χ4n) is 2.31. The van der Waals surface area contributed by atoms with Crippen LogP contribution in [-0.2, 0) is 32.2 Å². The number of alkyl halides is 1. The first kappa shape index (κ1) is 22.7. The number of hydrogen-bond donors (Lipinski definition) is 1. The van der Waals surface area contributed by atoms with E-state index in [1.807, 2.05) is 52.9 Å². The maximum atomic E-state index is 12.4. The number of benzene rings is 1. The molecule has 156 valence electrons. The van der Waals surface area contributed by atoms with Crippen molar-refractivity contribution in [3.63, 3.8) is 0 Å². The largest absolute Gasteiger partial charge is 0.456 e. The van der Waals surface area contributed by atoms with Crippen LogP contribution in [0.25, 0.3) is 0 Å². The van der Waals surface area contributed by atoms with Crippen molar-refractivity contribution in [2.75, 3.05) is 4.61 Å². The van der Waals surface area contributed by atoms with Gasteiger partial charge in [0, 0.05) is 0 Å². The lowest BCUT2D eigenvalue weighted by Gasteiger charge is -2.20. The van der Waals surface area contributed by atoms with Gasteiger partial charge in [-0.1, -0.05) is 44.2 Å². The summed E-state index contributed by atoms with van der Waals surface area (Å²) >= 11 is 1.89. The first-order valence-electron chi connectivity index (χ1n) is 8.86. The van der Waals surface area contributed by atoms with Crippen molar-refractivity contribution in [1.29, 1.82) is 0 Å². The maximum absolute atomic E-state index is 12.4. The Hall–Kier alpha value is -2.56. The number of hydrogen-bond acceptors (Lipinski definition) is 7. The number of carbonyl (C=O) groups excluding carboxylic acids is 3. The first-order valence-corrected chi connectivity index (χ1v) is 10.4. The van der Waals surface area contributed by atoms with E-state index in [1.165, 1.54) is 12.1 Å². The lowest BCUT2D eigenvalue weighted by molar-refractivity contribution is -0.149. The first-order chi connectivity index (χ1) is 13.9. The van der Waals surface area contributed by atoms with Crippen molar-refractivity contribution in [2.45, 2.75) is 33.1 Å². The molecular formula is C20H22INO7. The molecule has 1 amide bonds. The molecule has 0 unspecified atom stereocenters. The van der Waals surface area contributed by atoms with Crippen molar-refractivity contribution in [3.05, 3.63) is 59.5 Å². The summed E-state index contributed by atoms with van der Waals surface area (Å²) in [6.07, 6.45) is -0.716. The predicted molar refractivity (Wildman–Crippen MR) is 111 cm³/mol. The minimum absolute atomic E-state index is 0.0238. The number of alkyl carbamates (subject to hydrolysis) is 1. The van der Waals surface area contributed by atoms with Gasteiger partial charge in [-0.3, -0.25) is 0 Å². The molecule has 1 N–H and O–H groups in total. The Morgan fingerprint density at radius 2 is 1.72 bits per heavy atom. The highest BCUT2D eigenvalue weighted by molar-refractivity contribution is 14.1. The lowest BCUT2D eigenvalue weighted by atomic mass is 10.1. The third kappa shape index (κ3) is 7.41. The molecule has 0 bridgehead atoms. The third-order valence-electron chi connectivity index (χ3n) is 3.81. The molecule has 9 heteroatoms. The molecule has 1 aromatic heterocycles. The van der Waals surface area contributed by atoms with Gasteiger partial charge in [-0.15, -0.1) is 0 Å². The average molecular weight is 515 g/mol. The smallest absolute Gasteiger partial charge is 0.408 e. The van der Waals surface area contributed by atoms with E-state index in [0.717, 1.165) is 5.56 Å². The highest BCUT2D eigenvalue weighted by atomic mass is 127. The van der Waals surface area contributed by atoms with E-state index in [0.29, 0.717) is 0 Å². The van der Waals surface area contributed by atoms with Crippen molar-refractivity contribution in [3.8, 4) is 0 Å². The molecule has 0 saturated heterocycles. The normalized spacial score (nSPS) is 11.6. The zero-order valence-electron chi connectivity index (χ0n) is 16.1. The Morgan fingerprint density at radius 1 is 1.00 bits per heavy atom. The summed E-state index contributed by atoms with van der Waals surface area (Å²) in [4.78, 5) is 36.0. The van der Waals surface area contributed by atoms with E-state index in [2.05, 4.69) is 5.32 Å². The standard InChI is InChI=1S/C20H22INO7/c1-13(2)17(22-20(25)27-10-14-6-4-3-5-7-14)19(24)26-11-15-8-9-16(29-15)18(23)28-12-21/h3-9,13,17H,10-12H2,1-2H3,(H,22,25)/t17-/m0/s1. The van der Waals surface area contributed by atoms with E-state index in [9.17, 15) is 14.4 Å². The summed E-state index contributed by atoms with van der Waals surface area (Å²) < 4.78 is 20.7.